The number of aryl methyl sites for hydroxylation is 1. The summed E-state index contributed by atoms with van der Waals surface area (Å²) in [7, 11) is 0. The molecule has 0 radical (unpaired) electrons. The van der Waals surface area contributed by atoms with Gasteiger partial charge in [-0.15, -0.1) is 0 Å². The molecule has 4 heterocycles. The number of carbonyl (C=O) groups is 1. The van der Waals surface area contributed by atoms with Crippen LogP contribution in [0.15, 0.2) is 49.1 Å². The van der Waals surface area contributed by atoms with Gasteiger partial charge in [0.25, 0.3) is 0 Å². The van der Waals surface area contributed by atoms with E-state index in [0.717, 1.165) is 36.3 Å². The molecule has 28 heavy (non-hydrogen) atoms. The minimum absolute atomic E-state index is 0.0641. The summed E-state index contributed by atoms with van der Waals surface area (Å²) >= 11 is 0. The minimum Gasteiger partial charge on any atom is -0.338 e. The molecule has 1 fully saturated rings. The van der Waals surface area contributed by atoms with Crippen LogP contribution in [-0.2, 0) is 17.9 Å². The predicted molar refractivity (Wildman–Crippen MR) is 105 cm³/mol. The Morgan fingerprint density at radius 1 is 1.07 bits per heavy atom. The standard InChI is InChI=1S/C21H24N6O/c1-2-3-12-27-21(24-20(25-27)17-6-10-23-11-7-17)18-13-19(28)26(15-18)14-16-4-8-22-9-5-16/h4-11,18H,2-3,12-15H2,1H3/t18-/m1/s1. The highest BCUT2D eigenvalue weighted by molar-refractivity contribution is 5.79. The van der Waals surface area contributed by atoms with Crippen LogP contribution in [0.1, 0.15) is 43.5 Å². The smallest absolute Gasteiger partial charge is 0.223 e. The maximum absolute atomic E-state index is 12.6. The third-order valence-electron chi connectivity index (χ3n) is 5.06. The van der Waals surface area contributed by atoms with Crippen molar-refractivity contribution in [1.29, 1.82) is 0 Å². The molecule has 1 atom stereocenters. The molecular weight excluding hydrogens is 352 g/mol. The van der Waals surface area contributed by atoms with Gasteiger partial charge in [0.2, 0.25) is 5.91 Å². The summed E-state index contributed by atoms with van der Waals surface area (Å²) in [5.74, 6) is 1.84. The van der Waals surface area contributed by atoms with Crippen molar-refractivity contribution in [1.82, 2.24) is 29.6 Å². The number of hydrogen-bond donors (Lipinski definition) is 0. The molecule has 7 heteroatoms. The van der Waals surface area contributed by atoms with E-state index < -0.39 is 0 Å². The molecular formula is C21H24N6O. The lowest BCUT2D eigenvalue weighted by atomic mass is 10.1. The number of unbranched alkanes of at least 4 members (excludes halogenated alkanes) is 1. The fourth-order valence-corrected chi connectivity index (χ4v) is 3.56. The zero-order valence-corrected chi connectivity index (χ0v) is 16.0. The SMILES string of the molecule is CCCCn1nc(-c2ccncc2)nc1[C@@H]1CC(=O)N(Cc2ccncc2)C1. The van der Waals surface area contributed by atoms with Gasteiger partial charge in [-0.1, -0.05) is 13.3 Å². The second-order valence-electron chi connectivity index (χ2n) is 7.14. The average Bonchev–Trinajstić information content (AvgIpc) is 3.31. The van der Waals surface area contributed by atoms with E-state index in [0.29, 0.717) is 25.3 Å². The number of rotatable bonds is 7. The highest BCUT2D eigenvalue weighted by atomic mass is 16.2. The molecule has 0 saturated carbocycles. The monoisotopic (exact) mass is 376 g/mol. The summed E-state index contributed by atoms with van der Waals surface area (Å²) < 4.78 is 1.99. The third kappa shape index (κ3) is 3.93. The van der Waals surface area contributed by atoms with Crippen molar-refractivity contribution in [3.05, 3.63) is 60.4 Å². The first kappa shape index (κ1) is 18.3. The number of carbonyl (C=O) groups excluding carboxylic acids is 1. The van der Waals surface area contributed by atoms with Crippen molar-refractivity contribution in [3.8, 4) is 11.4 Å². The highest BCUT2D eigenvalue weighted by Gasteiger charge is 2.34. The Hall–Kier alpha value is -3.09. The Kier molecular flexibility index (Phi) is 5.41. The van der Waals surface area contributed by atoms with Gasteiger partial charge >= 0.3 is 0 Å². The maximum atomic E-state index is 12.6. The van der Waals surface area contributed by atoms with Crippen molar-refractivity contribution < 1.29 is 4.79 Å². The molecule has 0 aliphatic carbocycles. The number of pyridine rings is 2. The number of likely N-dealkylation sites (tertiary alicyclic amines) is 1. The van der Waals surface area contributed by atoms with Crippen LogP contribution in [0.2, 0.25) is 0 Å². The molecule has 0 N–H and O–H groups in total. The van der Waals surface area contributed by atoms with Gasteiger partial charge in [-0.2, -0.15) is 5.10 Å². The predicted octanol–water partition coefficient (Wildman–Crippen LogP) is 3.05. The number of hydrogen-bond acceptors (Lipinski definition) is 5. The van der Waals surface area contributed by atoms with Gasteiger partial charge in [0.1, 0.15) is 5.82 Å². The summed E-state index contributed by atoms with van der Waals surface area (Å²) in [4.78, 5) is 27.5. The van der Waals surface area contributed by atoms with E-state index in [9.17, 15) is 4.79 Å². The van der Waals surface area contributed by atoms with Crippen LogP contribution < -0.4 is 0 Å². The van der Waals surface area contributed by atoms with Crippen molar-refractivity contribution in [2.75, 3.05) is 6.54 Å². The first-order chi connectivity index (χ1) is 13.7. The zero-order valence-electron chi connectivity index (χ0n) is 16.0. The first-order valence-electron chi connectivity index (χ1n) is 9.76. The Labute approximate surface area is 164 Å². The second-order valence-corrected chi connectivity index (χ2v) is 7.14. The summed E-state index contributed by atoms with van der Waals surface area (Å²) in [5, 5.41) is 4.74. The van der Waals surface area contributed by atoms with Crippen molar-refractivity contribution in [2.24, 2.45) is 0 Å². The summed E-state index contributed by atoms with van der Waals surface area (Å²) in [6, 6.07) is 7.73. The fraction of sp³-hybridized carbons (Fsp3) is 0.381. The van der Waals surface area contributed by atoms with Crippen molar-refractivity contribution in [2.45, 2.75) is 45.2 Å². The topological polar surface area (TPSA) is 76.8 Å². The number of nitrogens with zero attached hydrogens (tertiary/aromatic N) is 6. The summed E-state index contributed by atoms with van der Waals surface area (Å²) in [5.41, 5.74) is 2.04. The molecule has 3 aromatic rings. The van der Waals surface area contributed by atoms with Gasteiger partial charge in [-0.05, 0) is 36.2 Å². The molecule has 0 unspecified atom stereocenters. The Bertz CT molecular complexity index is 925. The molecule has 0 bridgehead atoms. The Balaban J connectivity index is 1.57. The van der Waals surface area contributed by atoms with E-state index in [2.05, 4.69) is 16.9 Å². The van der Waals surface area contributed by atoms with E-state index in [-0.39, 0.29) is 11.8 Å². The van der Waals surface area contributed by atoms with Crippen LogP contribution in [0.4, 0.5) is 0 Å². The van der Waals surface area contributed by atoms with Gasteiger partial charge in [0.15, 0.2) is 5.82 Å². The minimum atomic E-state index is 0.0641. The van der Waals surface area contributed by atoms with Gasteiger partial charge in [0, 0.05) is 62.3 Å². The first-order valence-corrected chi connectivity index (χ1v) is 9.76. The Morgan fingerprint density at radius 3 is 2.50 bits per heavy atom. The molecule has 1 aliphatic heterocycles. The number of amides is 1. The fourth-order valence-electron chi connectivity index (χ4n) is 3.56. The lowest BCUT2D eigenvalue weighted by molar-refractivity contribution is -0.128. The third-order valence-corrected chi connectivity index (χ3v) is 5.06. The van der Waals surface area contributed by atoms with Crippen molar-refractivity contribution >= 4 is 5.91 Å². The lowest BCUT2D eigenvalue weighted by Crippen LogP contribution is -2.24. The van der Waals surface area contributed by atoms with E-state index in [1.807, 2.05) is 33.8 Å². The van der Waals surface area contributed by atoms with Crippen LogP contribution in [-0.4, -0.2) is 42.1 Å². The van der Waals surface area contributed by atoms with E-state index >= 15 is 0 Å². The molecule has 144 valence electrons. The molecule has 3 aromatic heterocycles. The molecule has 1 amide bonds. The van der Waals surface area contributed by atoms with Crippen LogP contribution in [0.3, 0.4) is 0 Å². The number of aromatic nitrogens is 5. The van der Waals surface area contributed by atoms with Crippen LogP contribution in [0, 0.1) is 0 Å². The van der Waals surface area contributed by atoms with Gasteiger partial charge in [0.05, 0.1) is 0 Å². The normalized spacial score (nSPS) is 16.7. The quantitative estimate of drug-likeness (QED) is 0.633. The summed E-state index contributed by atoms with van der Waals surface area (Å²) in [6.07, 6.45) is 9.61. The van der Waals surface area contributed by atoms with Gasteiger partial charge in [-0.3, -0.25) is 14.8 Å². The van der Waals surface area contributed by atoms with E-state index in [1.54, 1.807) is 24.8 Å². The van der Waals surface area contributed by atoms with Crippen molar-refractivity contribution in [3.63, 3.8) is 0 Å². The maximum Gasteiger partial charge on any atom is 0.223 e. The van der Waals surface area contributed by atoms with Crippen LogP contribution in [0.5, 0.6) is 0 Å². The molecule has 0 aromatic carbocycles. The molecule has 0 spiro atoms. The van der Waals surface area contributed by atoms with E-state index in [1.165, 1.54) is 0 Å². The second kappa shape index (κ2) is 8.29. The molecule has 1 aliphatic rings. The molecule has 7 nitrogen and oxygen atoms in total. The van der Waals surface area contributed by atoms with Gasteiger partial charge < -0.3 is 4.90 Å². The Morgan fingerprint density at radius 2 is 1.79 bits per heavy atom. The highest BCUT2D eigenvalue weighted by Crippen LogP contribution is 2.30. The van der Waals surface area contributed by atoms with Gasteiger partial charge in [-0.25, -0.2) is 9.67 Å². The van der Waals surface area contributed by atoms with Crippen LogP contribution in [0.25, 0.3) is 11.4 Å². The average molecular weight is 376 g/mol. The molecule has 1 saturated heterocycles. The largest absolute Gasteiger partial charge is 0.338 e. The van der Waals surface area contributed by atoms with Crippen LogP contribution >= 0.6 is 0 Å². The molecule has 4 rings (SSSR count). The zero-order chi connectivity index (χ0) is 19.3. The lowest BCUT2D eigenvalue weighted by Gasteiger charge is -2.16. The van der Waals surface area contributed by atoms with E-state index in [4.69, 9.17) is 10.1 Å². The summed E-state index contributed by atoms with van der Waals surface area (Å²) in [6.45, 7) is 4.26.